The highest BCUT2D eigenvalue weighted by Crippen LogP contribution is 2.76. The monoisotopic (exact) mass is 1170 g/mol. The molecule has 0 amide bonds. The van der Waals surface area contributed by atoms with E-state index in [0.717, 1.165) is 144 Å². The Balaban J connectivity index is 0.573. The molecule has 11 aliphatic rings. The molecule has 24 unspecified atom stereocenters. The second kappa shape index (κ2) is 30.4. The van der Waals surface area contributed by atoms with Gasteiger partial charge in [-0.1, -0.05) is 155 Å². The van der Waals surface area contributed by atoms with Crippen molar-refractivity contribution in [2.75, 3.05) is 26.4 Å². The first-order valence-electron chi connectivity index (χ1n) is 37.5. The van der Waals surface area contributed by atoms with Gasteiger partial charge in [-0.05, 0) is 252 Å². The molecule has 0 N–H and O–H groups in total. The van der Waals surface area contributed by atoms with Crippen LogP contribution in [-0.4, -0.2) is 50.3 Å². The Bertz CT molecular complexity index is 2200. The first-order chi connectivity index (χ1) is 41.5. The first-order valence-corrected chi connectivity index (χ1v) is 37.5. The van der Waals surface area contributed by atoms with E-state index in [9.17, 15) is 19.2 Å². The highest BCUT2D eigenvalue weighted by Gasteiger charge is 2.70. The van der Waals surface area contributed by atoms with Crippen molar-refractivity contribution in [1.82, 2.24) is 0 Å². The van der Waals surface area contributed by atoms with Crippen LogP contribution in [0.4, 0.5) is 0 Å². The molecule has 0 aromatic carbocycles. The topological polar surface area (TPSA) is 105 Å². The van der Waals surface area contributed by atoms with Crippen LogP contribution in [0.1, 0.15) is 265 Å². The predicted octanol–water partition coefficient (Wildman–Crippen LogP) is 18.7. The molecule has 11 rings (SSSR count). The van der Waals surface area contributed by atoms with Gasteiger partial charge in [-0.15, -0.1) is 0 Å². The quantitative estimate of drug-likeness (QED) is 0.0198. The predicted molar refractivity (Wildman–Crippen MR) is 339 cm³/mol. The summed E-state index contributed by atoms with van der Waals surface area (Å²) in [5.41, 5.74) is 0.507. The zero-order valence-corrected chi connectivity index (χ0v) is 54.3. The van der Waals surface area contributed by atoms with Crippen LogP contribution >= 0.6 is 0 Å². The Kier molecular flexibility index (Phi) is 22.9. The van der Waals surface area contributed by atoms with Gasteiger partial charge in [-0.25, -0.2) is 9.59 Å². The molecular formula is C77H122O8. The number of ether oxygens (including phenoxy) is 4. The molecule has 11 fully saturated rings. The van der Waals surface area contributed by atoms with Gasteiger partial charge in [0.15, 0.2) is 0 Å². The third-order valence-corrected chi connectivity index (χ3v) is 27.5. The highest BCUT2D eigenvalue weighted by molar-refractivity contribution is 5.86. The normalized spacial score (nSPS) is 39.9. The molecule has 8 bridgehead atoms. The number of hydrogen-bond acceptors (Lipinski definition) is 8. The minimum atomic E-state index is -0.280. The molecule has 0 aromatic rings. The molecule has 8 heteroatoms. The van der Waals surface area contributed by atoms with Crippen molar-refractivity contribution in [1.29, 1.82) is 0 Å². The Labute approximate surface area is 517 Å². The summed E-state index contributed by atoms with van der Waals surface area (Å²) in [7, 11) is 0. The van der Waals surface area contributed by atoms with Crippen molar-refractivity contribution >= 4 is 23.9 Å². The van der Waals surface area contributed by atoms with E-state index in [1.807, 2.05) is 0 Å². The lowest BCUT2D eigenvalue weighted by Gasteiger charge is -2.44. The summed E-state index contributed by atoms with van der Waals surface area (Å²) < 4.78 is 23.4. The Morgan fingerprint density at radius 2 is 0.776 bits per heavy atom. The number of hydrogen-bond donors (Lipinski definition) is 0. The van der Waals surface area contributed by atoms with Crippen LogP contribution in [0.5, 0.6) is 0 Å². The van der Waals surface area contributed by atoms with Crippen LogP contribution in [-0.2, 0) is 38.1 Å². The summed E-state index contributed by atoms with van der Waals surface area (Å²) in [6.45, 7) is 16.3. The van der Waals surface area contributed by atoms with Crippen LogP contribution in [0, 0.1) is 142 Å². The zero-order valence-electron chi connectivity index (χ0n) is 54.3. The average molecular weight is 1180 g/mol. The van der Waals surface area contributed by atoms with Crippen LogP contribution in [0.15, 0.2) is 24.8 Å². The molecule has 0 heterocycles. The van der Waals surface area contributed by atoms with Gasteiger partial charge < -0.3 is 18.9 Å². The standard InChI is InChI=1S/C77H122O8/c1-6-9-11-13-17-23-29-58-52(27-21-12-10-7-2)33-34-53(28-22-16-14-19-26-32-72(80)84-47-56-39-54-41-60(56)75-68-43-66(73(54)75)62-35-50(37-64(62)68)45-82-70(78)8-3)59(58)30-24-18-15-20-25-31-71(79)83-46-51-36-63-65(38-51)69-44-67(63)74-55-40-57(61(42-55)76(69)74)48-85-77(81)49(4)5/h8,50-69,73-76H,3-4,6-7,9-48H2,1-2,5H3. The number of carbonyl (C=O) groups excluding carboxylic acids is 4. The lowest BCUT2D eigenvalue weighted by atomic mass is 9.61. The summed E-state index contributed by atoms with van der Waals surface area (Å²) in [5, 5.41) is 0. The van der Waals surface area contributed by atoms with Crippen molar-refractivity contribution in [3.8, 4) is 0 Å². The molecule has 478 valence electrons. The van der Waals surface area contributed by atoms with Gasteiger partial charge in [-0.2, -0.15) is 0 Å². The smallest absolute Gasteiger partial charge is 0.333 e. The molecule has 11 aliphatic carbocycles. The Hall–Kier alpha value is -2.64. The summed E-state index contributed by atoms with van der Waals surface area (Å²) in [6, 6.07) is 0. The highest BCUT2D eigenvalue weighted by atomic mass is 16.5. The average Bonchev–Trinajstić information content (AvgIpc) is 1.56. The third-order valence-electron chi connectivity index (χ3n) is 27.5. The SMILES string of the molecule is C=CC(=O)OCC1CC2C(C1)C1CC2C2C3CC(COC(=O)CCCCCCCC4CCC(CCCCCC)C(CCCCCCCC)C4CCCCCCCC(=O)OCC4CC5C(C4)C4CC5C5C6CC(COC(=O)C(=C)C)C(C6)C45)C(C3)C12. The van der Waals surface area contributed by atoms with Gasteiger partial charge >= 0.3 is 23.9 Å². The molecule has 24 atom stereocenters. The van der Waals surface area contributed by atoms with Crippen LogP contribution in [0.3, 0.4) is 0 Å². The van der Waals surface area contributed by atoms with E-state index in [1.54, 1.807) is 6.92 Å². The lowest BCUT2D eigenvalue weighted by Crippen LogP contribution is -2.39. The minimum Gasteiger partial charge on any atom is -0.465 e. The van der Waals surface area contributed by atoms with E-state index in [-0.39, 0.29) is 23.9 Å². The van der Waals surface area contributed by atoms with Crippen molar-refractivity contribution in [3.63, 3.8) is 0 Å². The largest absolute Gasteiger partial charge is 0.465 e. The number of unbranched alkanes of at least 4 members (excludes halogenated alkanes) is 16. The number of esters is 4. The second-order valence-corrected chi connectivity index (χ2v) is 32.1. The molecule has 0 spiro atoms. The molecule has 0 aliphatic heterocycles. The second-order valence-electron chi connectivity index (χ2n) is 32.1. The van der Waals surface area contributed by atoms with Gasteiger partial charge in [-0.3, -0.25) is 9.59 Å². The van der Waals surface area contributed by atoms with Crippen molar-refractivity contribution in [2.24, 2.45) is 142 Å². The first kappa shape index (κ1) is 63.9. The fourth-order valence-corrected chi connectivity index (χ4v) is 24.5. The van der Waals surface area contributed by atoms with E-state index in [2.05, 4.69) is 27.0 Å². The Morgan fingerprint density at radius 1 is 0.388 bits per heavy atom. The maximum absolute atomic E-state index is 13.2. The number of rotatable bonds is 38. The Morgan fingerprint density at radius 3 is 1.24 bits per heavy atom. The number of carbonyl (C=O) groups is 4. The molecule has 0 radical (unpaired) electrons. The maximum atomic E-state index is 13.2. The van der Waals surface area contributed by atoms with Crippen molar-refractivity contribution in [2.45, 2.75) is 265 Å². The van der Waals surface area contributed by atoms with E-state index < -0.39 is 0 Å². The third kappa shape index (κ3) is 14.8. The van der Waals surface area contributed by atoms with Crippen LogP contribution in [0.25, 0.3) is 0 Å². The maximum Gasteiger partial charge on any atom is 0.333 e. The molecule has 85 heavy (non-hydrogen) atoms. The van der Waals surface area contributed by atoms with Crippen LogP contribution in [0.2, 0.25) is 0 Å². The van der Waals surface area contributed by atoms with Gasteiger partial charge in [0, 0.05) is 24.5 Å². The van der Waals surface area contributed by atoms with Crippen LogP contribution < -0.4 is 0 Å². The van der Waals surface area contributed by atoms with E-state index in [0.29, 0.717) is 68.5 Å². The molecule has 8 nitrogen and oxygen atoms in total. The summed E-state index contributed by atoms with van der Waals surface area (Å²) in [4.78, 5) is 50.3. The van der Waals surface area contributed by atoms with E-state index >= 15 is 0 Å². The molecule has 0 saturated heterocycles. The minimum absolute atomic E-state index is 0.0393. The summed E-state index contributed by atoms with van der Waals surface area (Å²) in [5.74, 6) is 18.7. The lowest BCUT2D eigenvalue weighted by molar-refractivity contribution is -0.146. The van der Waals surface area contributed by atoms with Gasteiger partial charge in [0.2, 0.25) is 0 Å². The molecule has 0 aromatic heterocycles. The zero-order chi connectivity index (χ0) is 59.0. The summed E-state index contributed by atoms with van der Waals surface area (Å²) in [6.07, 6.45) is 50.1. The molecular weight excluding hydrogens is 1050 g/mol. The summed E-state index contributed by atoms with van der Waals surface area (Å²) >= 11 is 0. The molecule has 11 saturated carbocycles. The fraction of sp³-hybridized carbons (Fsp3) is 0.896. The van der Waals surface area contributed by atoms with Gasteiger partial charge in [0.1, 0.15) is 0 Å². The van der Waals surface area contributed by atoms with E-state index in [1.165, 1.54) is 212 Å². The van der Waals surface area contributed by atoms with Crippen molar-refractivity contribution in [3.05, 3.63) is 24.8 Å². The van der Waals surface area contributed by atoms with Crippen molar-refractivity contribution < 1.29 is 38.1 Å². The van der Waals surface area contributed by atoms with Gasteiger partial charge in [0.25, 0.3) is 0 Å². The fourth-order valence-electron chi connectivity index (χ4n) is 24.5. The van der Waals surface area contributed by atoms with E-state index in [4.69, 9.17) is 18.9 Å². The van der Waals surface area contributed by atoms with Gasteiger partial charge in [0.05, 0.1) is 26.4 Å². The number of fused-ring (bicyclic) bond motifs is 24.